The predicted octanol–water partition coefficient (Wildman–Crippen LogP) is 3.84. The van der Waals surface area contributed by atoms with Gasteiger partial charge >= 0.3 is 0 Å². The van der Waals surface area contributed by atoms with Gasteiger partial charge in [0, 0.05) is 6.42 Å². The third-order valence-corrected chi connectivity index (χ3v) is 6.35. The second-order valence-corrected chi connectivity index (χ2v) is 8.36. The molecule has 8 heteroatoms. The average Bonchev–Trinajstić information content (AvgIpc) is 3.50. The minimum absolute atomic E-state index is 0.129. The molecule has 0 saturated carbocycles. The summed E-state index contributed by atoms with van der Waals surface area (Å²) >= 11 is 1.40. The van der Waals surface area contributed by atoms with Gasteiger partial charge in [-0.3, -0.25) is 14.2 Å². The molecule has 5 rings (SSSR count). The molecule has 0 saturated heterocycles. The first-order chi connectivity index (χ1) is 15.6. The van der Waals surface area contributed by atoms with Gasteiger partial charge in [0.1, 0.15) is 17.1 Å². The first kappa shape index (κ1) is 20.1. The summed E-state index contributed by atoms with van der Waals surface area (Å²) in [5, 5.41) is 8.51. The molecule has 3 heterocycles. The summed E-state index contributed by atoms with van der Waals surface area (Å²) < 4.78 is 6.61. The van der Waals surface area contributed by atoms with Crippen LogP contribution in [0.3, 0.4) is 0 Å². The lowest BCUT2D eigenvalue weighted by molar-refractivity contribution is -0.133. The molecule has 160 valence electrons. The molecule has 0 unspecified atom stereocenters. The molecule has 32 heavy (non-hydrogen) atoms. The Kier molecular flexibility index (Phi) is 5.28. The van der Waals surface area contributed by atoms with Crippen molar-refractivity contribution in [3.63, 3.8) is 0 Å². The zero-order valence-electron chi connectivity index (χ0n) is 17.3. The Labute approximate surface area is 188 Å². The highest BCUT2D eigenvalue weighted by Crippen LogP contribution is 2.33. The van der Waals surface area contributed by atoms with Gasteiger partial charge in [-0.25, -0.2) is 9.99 Å². The fraction of sp³-hybridized carbons (Fsp3) is 0.167. The van der Waals surface area contributed by atoms with Crippen molar-refractivity contribution in [3.8, 4) is 5.75 Å². The molecule has 1 amide bonds. The number of ether oxygens (including phenoxy) is 1. The topological polar surface area (TPSA) is 76.8 Å². The van der Waals surface area contributed by atoms with Crippen LogP contribution in [0.4, 0.5) is 0 Å². The fourth-order valence-corrected chi connectivity index (χ4v) is 4.58. The van der Waals surface area contributed by atoms with Crippen LogP contribution >= 0.6 is 11.3 Å². The van der Waals surface area contributed by atoms with Crippen LogP contribution in [-0.2, 0) is 11.3 Å². The summed E-state index contributed by atoms with van der Waals surface area (Å²) in [4.78, 5) is 31.1. The van der Waals surface area contributed by atoms with Crippen LogP contribution in [0.15, 0.2) is 82.3 Å². The van der Waals surface area contributed by atoms with Gasteiger partial charge in [0.15, 0.2) is 0 Å². The number of rotatable bonds is 5. The van der Waals surface area contributed by atoms with Crippen molar-refractivity contribution in [3.05, 3.63) is 93.9 Å². The van der Waals surface area contributed by atoms with E-state index in [9.17, 15) is 9.59 Å². The van der Waals surface area contributed by atoms with Crippen molar-refractivity contribution in [2.45, 2.75) is 19.0 Å². The molecular weight excluding hydrogens is 424 g/mol. The molecule has 0 fully saturated rings. The predicted molar refractivity (Wildman–Crippen MR) is 124 cm³/mol. The molecule has 7 nitrogen and oxygen atoms in total. The molecule has 0 N–H and O–H groups in total. The van der Waals surface area contributed by atoms with E-state index in [0.717, 1.165) is 22.6 Å². The molecule has 1 atom stereocenters. The summed E-state index contributed by atoms with van der Waals surface area (Å²) in [6, 6.07) is 18.9. The summed E-state index contributed by atoms with van der Waals surface area (Å²) in [5.74, 6) is 0.478. The highest BCUT2D eigenvalue weighted by molar-refractivity contribution is 7.16. The van der Waals surface area contributed by atoms with E-state index in [1.54, 1.807) is 13.2 Å². The van der Waals surface area contributed by atoms with Crippen molar-refractivity contribution in [2.75, 3.05) is 7.11 Å². The smallest absolute Gasteiger partial charge is 0.263 e. The van der Waals surface area contributed by atoms with Crippen molar-refractivity contribution in [1.29, 1.82) is 0 Å². The summed E-state index contributed by atoms with van der Waals surface area (Å²) in [7, 11) is 1.62. The zero-order chi connectivity index (χ0) is 22.1. The molecule has 1 aliphatic rings. The summed E-state index contributed by atoms with van der Waals surface area (Å²) in [6.07, 6.45) is 2.01. The number of amides is 1. The monoisotopic (exact) mass is 444 g/mol. The molecule has 0 bridgehead atoms. The van der Waals surface area contributed by atoms with Crippen LogP contribution in [0.25, 0.3) is 10.2 Å². The lowest BCUT2D eigenvalue weighted by Crippen LogP contribution is -2.33. The number of fused-ring (bicyclic) bond motifs is 1. The molecule has 0 radical (unpaired) electrons. The molecule has 0 aliphatic carbocycles. The van der Waals surface area contributed by atoms with Crippen LogP contribution < -0.4 is 10.3 Å². The van der Waals surface area contributed by atoms with Crippen molar-refractivity contribution >= 4 is 33.2 Å². The lowest BCUT2D eigenvalue weighted by Gasteiger charge is -2.22. The van der Waals surface area contributed by atoms with E-state index in [-0.39, 0.29) is 24.1 Å². The van der Waals surface area contributed by atoms with Gasteiger partial charge < -0.3 is 4.74 Å². The van der Waals surface area contributed by atoms with E-state index in [0.29, 0.717) is 16.6 Å². The number of benzene rings is 2. The number of carbonyl (C=O) groups is 1. The second-order valence-electron chi connectivity index (χ2n) is 7.46. The maximum atomic E-state index is 13.3. The van der Waals surface area contributed by atoms with Gasteiger partial charge in [-0.1, -0.05) is 42.5 Å². The Hall–Kier alpha value is -3.78. The highest BCUT2D eigenvalue weighted by atomic mass is 32.1. The standard InChI is InChI=1S/C24H20N4O3S/c1-31-18-9-7-17(8-10-18)21-13-20(16-5-3-2-4-6-16)26-28(21)22(29)14-27-15-25-23-19(24(27)30)11-12-32-23/h2-12,15,21H,13-14H2,1H3/t21-/m0/s1. The van der Waals surface area contributed by atoms with Crippen LogP contribution in [0.5, 0.6) is 5.75 Å². The number of hydrazone groups is 1. The third kappa shape index (κ3) is 3.69. The number of thiophene rings is 1. The minimum atomic E-state index is -0.268. The van der Waals surface area contributed by atoms with E-state index >= 15 is 0 Å². The normalized spacial score (nSPS) is 15.7. The van der Waals surface area contributed by atoms with E-state index in [4.69, 9.17) is 4.74 Å². The number of hydrogen-bond acceptors (Lipinski definition) is 6. The third-order valence-electron chi connectivity index (χ3n) is 5.53. The van der Waals surface area contributed by atoms with Gasteiger partial charge in [0.25, 0.3) is 11.5 Å². The quantitative estimate of drug-likeness (QED) is 0.469. The Morgan fingerprint density at radius 2 is 1.91 bits per heavy atom. The van der Waals surface area contributed by atoms with Crippen molar-refractivity contribution < 1.29 is 9.53 Å². The Balaban J connectivity index is 1.48. The molecule has 1 aliphatic heterocycles. The first-order valence-electron chi connectivity index (χ1n) is 10.2. The second kappa shape index (κ2) is 8.39. The number of aromatic nitrogens is 2. The minimum Gasteiger partial charge on any atom is -0.497 e. The number of nitrogens with zero attached hydrogens (tertiary/aromatic N) is 4. The zero-order valence-corrected chi connectivity index (χ0v) is 18.2. The maximum Gasteiger partial charge on any atom is 0.263 e. The molecule has 4 aromatic rings. The van der Waals surface area contributed by atoms with E-state index in [1.165, 1.54) is 27.2 Å². The van der Waals surface area contributed by atoms with Crippen molar-refractivity contribution in [2.24, 2.45) is 5.10 Å². The number of hydrogen-bond donors (Lipinski definition) is 0. The molecule has 0 spiro atoms. The molecule has 2 aromatic carbocycles. The van der Waals surface area contributed by atoms with Crippen LogP contribution in [0.1, 0.15) is 23.6 Å². The van der Waals surface area contributed by atoms with E-state index in [1.807, 2.05) is 60.0 Å². The van der Waals surface area contributed by atoms with Gasteiger partial charge in [-0.05, 0) is 34.7 Å². The van der Waals surface area contributed by atoms with Crippen LogP contribution in [0.2, 0.25) is 0 Å². The summed E-state index contributed by atoms with van der Waals surface area (Å²) in [5.41, 5.74) is 2.53. The number of methoxy groups -OCH3 is 1. The van der Waals surface area contributed by atoms with Crippen LogP contribution in [0, 0.1) is 0 Å². The van der Waals surface area contributed by atoms with Gasteiger partial charge in [0.05, 0.1) is 30.6 Å². The average molecular weight is 445 g/mol. The van der Waals surface area contributed by atoms with E-state index in [2.05, 4.69) is 10.1 Å². The van der Waals surface area contributed by atoms with Gasteiger partial charge in [0.2, 0.25) is 0 Å². The fourth-order valence-electron chi connectivity index (χ4n) is 3.86. The first-order valence-corrected chi connectivity index (χ1v) is 11.0. The van der Waals surface area contributed by atoms with Gasteiger partial charge in [-0.15, -0.1) is 11.3 Å². The SMILES string of the molecule is COc1ccc([C@@H]2CC(c3ccccc3)=NN2C(=O)Cn2cnc3sccc3c2=O)cc1. The van der Waals surface area contributed by atoms with Crippen molar-refractivity contribution in [1.82, 2.24) is 14.6 Å². The highest BCUT2D eigenvalue weighted by Gasteiger charge is 2.33. The van der Waals surface area contributed by atoms with Gasteiger partial charge in [-0.2, -0.15) is 5.10 Å². The molecular formula is C24H20N4O3S. The Morgan fingerprint density at radius 3 is 2.66 bits per heavy atom. The molecule has 2 aromatic heterocycles. The van der Waals surface area contributed by atoms with E-state index < -0.39 is 0 Å². The van der Waals surface area contributed by atoms with Crippen LogP contribution in [-0.4, -0.2) is 33.3 Å². The Bertz CT molecular complexity index is 1360. The maximum absolute atomic E-state index is 13.3. The number of carbonyl (C=O) groups excluding carboxylic acids is 1. The Morgan fingerprint density at radius 1 is 1.12 bits per heavy atom. The largest absolute Gasteiger partial charge is 0.497 e. The summed E-state index contributed by atoms with van der Waals surface area (Å²) in [6.45, 7) is -0.129. The lowest BCUT2D eigenvalue weighted by atomic mass is 9.98.